The third-order valence-corrected chi connectivity index (χ3v) is 3.60. The molecule has 0 saturated carbocycles. The van der Waals surface area contributed by atoms with Gasteiger partial charge >= 0.3 is 0 Å². The maximum Gasteiger partial charge on any atom is 0.258 e. The summed E-state index contributed by atoms with van der Waals surface area (Å²) in [5, 5.41) is 7.68. The molecule has 0 bridgehead atoms. The van der Waals surface area contributed by atoms with Gasteiger partial charge in [-0.25, -0.2) is 4.68 Å². The third kappa shape index (κ3) is 1.79. The summed E-state index contributed by atoms with van der Waals surface area (Å²) in [7, 11) is 1.69. The average Bonchev–Trinajstić information content (AvgIpc) is 2.71. The first-order chi connectivity index (χ1) is 7.50. The van der Waals surface area contributed by atoms with E-state index in [-0.39, 0.29) is 5.15 Å². The van der Waals surface area contributed by atoms with Crippen molar-refractivity contribution in [3.05, 3.63) is 20.4 Å². The van der Waals surface area contributed by atoms with Gasteiger partial charge in [0.05, 0.1) is 4.88 Å². The number of nitrogens with two attached hydrogens (primary N) is 1. The third-order valence-electron chi connectivity index (χ3n) is 1.97. The Bertz CT molecular complexity index is 543. The first-order valence-corrected chi connectivity index (χ1v) is 5.72. The van der Waals surface area contributed by atoms with Crippen LogP contribution in [0.2, 0.25) is 9.49 Å². The van der Waals surface area contributed by atoms with Gasteiger partial charge in [0.2, 0.25) is 0 Å². The minimum Gasteiger partial charge on any atom is -0.365 e. The molecule has 8 heteroatoms. The molecule has 2 heterocycles. The molecule has 0 aromatic carbocycles. The molecule has 84 valence electrons. The lowest BCUT2D eigenvalue weighted by Gasteiger charge is -1.98. The van der Waals surface area contributed by atoms with Crippen LogP contribution < -0.4 is 5.73 Å². The highest BCUT2D eigenvalue weighted by Crippen LogP contribution is 2.37. The Kier molecular flexibility index (Phi) is 2.88. The second kappa shape index (κ2) is 4.04. The molecule has 0 aliphatic rings. The van der Waals surface area contributed by atoms with Crippen molar-refractivity contribution in [1.29, 1.82) is 0 Å². The predicted octanol–water partition coefficient (Wildman–Crippen LogP) is 1.95. The van der Waals surface area contributed by atoms with Crippen molar-refractivity contribution in [2.45, 2.75) is 0 Å². The SMILES string of the molecule is Cn1nnc(Cl)c1-c1cc(C(N)=O)sc1Cl. The normalized spacial score (nSPS) is 10.7. The lowest BCUT2D eigenvalue weighted by atomic mass is 10.2. The Morgan fingerprint density at radius 2 is 2.25 bits per heavy atom. The summed E-state index contributed by atoms with van der Waals surface area (Å²) in [4.78, 5) is 11.4. The Morgan fingerprint density at radius 1 is 1.56 bits per heavy atom. The van der Waals surface area contributed by atoms with Crippen LogP contribution in [0.3, 0.4) is 0 Å². The Balaban J connectivity index is 2.61. The van der Waals surface area contributed by atoms with Crippen molar-refractivity contribution < 1.29 is 4.79 Å². The summed E-state index contributed by atoms with van der Waals surface area (Å²) in [6.45, 7) is 0. The second-order valence-electron chi connectivity index (χ2n) is 3.01. The van der Waals surface area contributed by atoms with Crippen LogP contribution in [-0.2, 0) is 7.05 Å². The molecule has 0 aliphatic carbocycles. The van der Waals surface area contributed by atoms with Crippen molar-refractivity contribution >= 4 is 40.4 Å². The Morgan fingerprint density at radius 3 is 2.69 bits per heavy atom. The summed E-state index contributed by atoms with van der Waals surface area (Å²) in [5.74, 6) is -0.524. The van der Waals surface area contributed by atoms with Crippen molar-refractivity contribution in [1.82, 2.24) is 15.0 Å². The highest BCUT2D eigenvalue weighted by Gasteiger charge is 2.18. The van der Waals surface area contributed by atoms with Gasteiger partial charge in [-0.1, -0.05) is 28.4 Å². The second-order valence-corrected chi connectivity index (χ2v) is 5.03. The largest absolute Gasteiger partial charge is 0.365 e. The van der Waals surface area contributed by atoms with E-state index in [1.807, 2.05) is 0 Å². The number of hydrogen-bond donors (Lipinski definition) is 1. The standard InChI is InChI=1S/C8H6Cl2N4OS/c1-14-5(6(9)12-13-14)3-2-4(8(11)15)16-7(3)10/h2H,1H3,(H2,11,15). The molecule has 0 atom stereocenters. The fourth-order valence-electron chi connectivity index (χ4n) is 1.27. The number of thiophene rings is 1. The number of nitrogens with zero attached hydrogens (tertiary/aromatic N) is 3. The van der Waals surface area contributed by atoms with E-state index >= 15 is 0 Å². The fraction of sp³-hybridized carbons (Fsp3) is 0.125. The number of primary amides is 1. The van der Waals surface area contributed by atoms with Crippen LogP contribution in [0.4, 0.5) is 0 Å². The maximum atomic E-state index is 11.0. The molecule has 0 radical (unpaired) electrons. The van der Waals surface area contributed by atoms with Gasteiger partial charge in [0.15, 0.2) is 5.15 Å². The molecule has 2 aromatic heterocycles. The van der Waals surface area contributed by atoms with Gasteiger partial charge in [-0.3, -0.25) is 4.79 Å². The van der Waals surface area contributed by atoms with Gasteiger partial charge < -0.3 is 5.73 Å². The molecule has 2 aromatic rings. The first-order valence-electron chi connectivity index (χ1n) is 4.15. The van der Waals surface area contributed by atoms with E-state index in [9.17, 15) is 4.79 Å². The highest BCUT2D eigenvalue weighted by atomic mass is 35.5. The summed E-state index contributed by atoms with van der Waals surface area (Å²) in [6.07, 6.45) is 0. The van der Waals surface area contributed by atoms with E-state index in [1.165, 1.54) is 4.68 Å². The van der Waals surface area contributed by atoms with Gasteiger partial charge in [-0.15, -0.1) is 16.4 Å². The van der Waals surface area contributed by atoms with Crippen molar-refractivity contribution in [2.24, 2.45) is 12.8 Å². The van der Waals surface area contributed by atoms with Gasteiger partial charge in [0.1, 0.15) is 10.0 Å². The van der Waals surface area contributed by atoms with E-state index in [0.29, 0.717) is 20.5 Å². The van der Waals surface area contributed by atoms with Crippen LogP contribution in [0.25, 0.3) is 11.3 Å². The molecule has 0 aliphatic heterocycles. The van der Waals surface area contributed by atoms with E-state index < -0.39 is 5.91 Å². The number of rotatable bonds is 2. The number of aryl methyl sites for hydroxylation is 1. The lowest BCUT2D eigenvalue weighted by molar-refractivity contribution is 0.100. The van der Waals surface area contributed by atoms with Gasteiger partial charge in [-0.05, 0) is 6.07 Å². The minimum absolute atomic E-state index is 0.234. The van der Waals surface area contributed by atoms with E-state index in [4.69, 9.17) is 28.9 Å². The van der Waals surface area contributed by atoms with Crippen molar-refractivity contribution in [3.63, 3.8) is 0 Å². The molecular weight excluding hydrogens is 271 g/mol. The smallest absolute Gasteiger partial charge is 0.258 e. The molecule has 16 heavy (non-hydrogen) atoms. The summed E-state index contributed by atoms with van der Waals surface area (Å²) in [5.41, 5.74) is 6.34. The predicted molar refractivity (Wildman–Crippen MR) is 62.9 cm³/mol. The van der Waals surface area contributed by atoms with Crippen LogP contribution >= 0.6 is 34.5 Å². The van der Waals surface area contributed by atoms with Crippen molar-refractivity contribution in [3.8, 4) is 11.3 Å². The van der Waals surface area contributed by atoms with Crippen LogP contribution in [0.1, 0.15) is 9.67 Å². The molecule has 2 N–H and O–H groups in total. The monoisotopic (exact) mass is 276 g/mol. The van der Waals surface area contributed by atoms with E-state index in [2.05, 4.69) is 10.3 Å². The number of carbonyl (C=O) groups excluding carboxylic acids is 1. The average molecular weight is 277 g/mol. The van der Waals surface area contributed by atoms with Crippen LogP contribution in [-0.4, -0.2) is 20.9 Å². The fourth-order valence-corrected chi connectivity index (χ4v) is 2.66. The quantitative estimate of drug-likeness (QED) is 0.911. The number of carbonyl (C=O) groups is 1. The summed E-state index contributed by atoms with van der Waals surface area (Å²) >= 11 is 13.0. The highest BCUT2D eigenvalue weighted by molar-refractivity contribution is 7.18. The molecule has 2 rings (SSSR count). The molecule has 0 fully saturated rings. The van der Waals surface area contributed by atoms with Crippen LogP contribution in [0.5, 0.6) is 0 Å². The summed E-state index contributed by atoms with van der Waals surface area (Å²) in [6, 6.07) is 1.58. The maximum absolute atomic E-state index is 11.0. The van der Waals surface area contributed by atoms with Gasteiger partial charge in [0, 0.05) is 12.6 Å². The number of aromatic nitrogens is 3. The van der Waals surface area contributed by atoms with Gasteiger partial charge in [0.25, 0.3) is 5.91 Å². The Labute approximate surface area is 105 Å². The van der Waals surface area contributed by atoms with E-state index in [0.717, 1.165) is 11.3 Å². The molecule has 0 saturated heterocycles. The zero-order valence-electron chi connectivity index (χ0n) is 8.07. The van der Waals surface area contributed by atoms with Gasteiger partial charge in [-0.2, -0.15) is 0 Å². The molecule has 5 nitrogen and oxygen atoms in total. The molecular formula is C8H6Cl2N4OS. The summed E-state index contributed by atoms with van der Waals surface area (Å²) < 4.78 is 1.92. The van der Waals surface area contributed by atoms with E-state index in [1.54, 1.807) is 13.1 Å². The topological polar surface area (TPSA) is 73.8 Å². The van der Waals surface area contributed by atoms with Crippen molar-refractivity contribution in [2.75, 3.05) is 0 Å². The number of amides is 1. The minimum atomic E-state index is -0.524. The zero-order valence-corrected chi connectivity index (χ0v) is 10.4. The lowest BCUT2D eigenvalue weighted by Crippen LogP contribution is -2.08. The first kappa shape index (κ1) is 11.4. The van der Waals surface area contributed by atoms with Crippen LogP contribution in [0.15, 0.2) is 6.07 Å². The molecule has 0 spiro atoms. The number of hydrogen-bond acceptors (Lipinski definition) is 4. The zero-order chi connectivity index (χ0) is 11.9. The molecule has 1 amide bonds. The molecule has 0 unspecified atom stereocenters. The Hall–Kier alpha value is -1.11. The van der Waals surface area contributed by atoms with Crippen LogP contribution in [0, 0.1) is 0 Å². The number of halogens is 2.